The number of anilines is 1. The fourth-order valence-corrected chi connectivity index (χ4v) is 2.34. The highest BCUT2D eigenvalue weighted by Crippen LogP contribution is 2.13. The van der Waals surface area contributed by atoms with Crippen LogP contribution in [0.4, 0.5) is 10.1 Å². The van der Waals surface area contributed by atoms with Crippen molar-refractivity contribution in [2.75, 3.05) is 5.32 Å². The molecule has 6 nitrogen and oxygen atoms in total. The molecule has 0 atom stereocenters. The van der Waals surface area contributed by atoms with Crippen LogP contribution in [0.15, 0.2) is 64.3 Å². The molecule has 0 saturated carbocycles. The van der Waals surface area contributed by atoms with Gasteiger partial charge < -0.3 is 10.3 Å². The van der Waals surface area contributed by atoms with Crippen LogP contribution in [-0.2, 0) is 0 Å². The van der Waals surface area contributed by atoms with Crippen molar-refractivity contribution in [1.82, 2.24) is 9.55 Å². The number of nitrogens with zero attached hydrogens (tertiary/aromatic N) is 1. The van der Waals surface area contributed by atoms with Gasteiger partial charge in [-0.2, -0.15) is 0 Å². The Hall–Kier alpha value is -3.19. The smallest absolute Gasteiger partial charge is 0.319 e. The molecule has 25 heavy (non-hydrogen) atoms. The van der Waals surface area contributed by atoms with E-state index in [0.717, 1.165) is 10.8 Å². The quantitative estimate of drug-likeness (QED) is 0.753. The summed E-state index contributed by atoms with van der Waals surface area (Å²) in [5.41, 5.74) is -1.71. The van der Waals surface area contributed by atoms with Crippen molar-refractivity contribution in [1.29, 1.82) is 0 Å². The van der Waals surface area contributed by atoms with Crippen molar-refractivity contribution in [3.63, 3.8) is 0 Å². The summed E-state index contributed by atoms with van der Waals surface area (Å²) in [6, 6.07) is 11.5. The molecule has 0 fully saturated rings. The number of aromatic amines is 1. The van der Waals surface area contributed by atoms with E-state index in [-0.39, 0.29) is 16.9 Å². The third-order valence-corrected chi connectivity index (χ3v) is 3.68. The number of hydrogen-bond donors (Lipinski definition) is 2. The summed E-state index contributed by atoms with van der Waals surface area (Å²) in [5, 5.41) is 2.74. The molecule has 0 unspecified atom stereocenters. The van der Waals surface area contributed by atoms with Gasteiger partial charge in [0.1, 0.15) is 11.4 Å². The molecular weight excluding hydrogens is 349 g/mol. The second kappa shape index (κ2) is 6.74. The van der Waals surface area contributed by atoms with Gasteiger partial charge in [-0.3, -0.25) is 9.59 Å². The highest BCUT2D eigenvalue weighted by atomic mass is 35.5. The van der Waals surface area contributed by atoms with E-state index < -0.39 is 23.0 Å². The Morgan fingerprint density at radius 2 is 1.76 bits per heavy atom. The fraction of sp³-hybridized carbons (Fsp3) is 0. The first kappa shape index (κ1) is 16.7. The maximum absolute atomic E-state index is 13.6. The Bertz CT molecular complexity index is 1060. The third-order valence-electron chi connectivity index (χ3n) is 3.43. The van der Waals surface area contributed by atoms with Gasteiger partial charge in [0.05, 0.1) is 11.4 Å². The van der Waals surface area contributed by atoms with E-state index >= 15 is 0 Å². The highest BCUT2D eigenvalue weighted by molar-refractivity contribution is 6.30. The van der Waals surface area contributed by atoms with E-state index in [1.54, 1.807) is 0 Å². The van der Waals surface area contributed by atoms with Crippen molar-refractivity contribution in [3.05, 3.63) is 92.0 Å². The topological polar surface area (TPSA) is 84.0 Å². The van der Waals surface area contributed by atoms with Gasteiger partial charge >= 0.3 is 5.69 Å². The molecule has 126 valence electrons. The van der Waals surface area contributed by atoms with Crippen LogP contribution in [0.1, 0.15) is 10.4 Å². The number of nitrogens with one attached hydrogen (secondary N) is 2. The van der Waals surface area contributed by atoms with Crippen LogP contribution in [0.2, 0.25) is 5.02 Å². The van der Waals surface area contributed by atoms with E-state index in [0.29, 0.717) is 5.02 Å². The van der Waals surface area contributed by atoms with Crippen LogP contribution < -0.4 is 16.6 Å². The summed E-state index contributed by atoms with van der Waals surface area (Å²) >= 11 is 5.79. The summed E-state index contributed by atoms with van der Waals surface area (Å²) < 4.78 is 14.4. The lowest BCUT2D eigenvalue weighted by Gasteiger charge is -2.08. The van der Waals surface area contributed by atoms with Crippen LogP contribution in [0, 0.1) is 5.82 Å². The van der Waals surface area contributed by atoms with Gasteiger partial charge in [-0.15, -0.1) is 0 Å². The van der Waals surface area contributed by atoms with Gasteiger partial charge in [0.25, 0.3) is 11.5 Å². The van der Waals surface area contributed by atoms with Crippen LogP contribution >= 0.6 is 11.6 Å². The predicted octanol–water partition coefficient (Wildman–Crippen LogP) is 2.57. The van der Waals surface area contributed by atoms with E-state index in [1.165, 1.54) is 48.5 Å². The Kier molecular flexibility index (Phi) is 4.49. The first-order valence-electron chi connectivity index (χ1n) is 7.14. The van der Waals surface area contributed by atoms with Gasteiger partial charge in [-0.1, -0.05) is 23.7 Å². The molecule has 2 N–H and O–H groups in total. The summed E-state index contributed by atoms with van der Waals surface area (Å²) in [6.45, 7) is 0. The van der Waals surface area contributed by atoms with Crippen LogP contribution in [0.25, 0.3) is 5.69 Å². The lowest BCUT2D eigenvalue weighted by molar-refractivity contribution is 0.102. The molecule has 0 saturated heterocycles. The van der Waals surface area contributed by atoms with Crippen molar-refractivity contribution >= 4 is 23.2 Å². The summed E-state index contributed by atoms with van der Waals surface area (Å²) in [4.78, 5) is 39.2. The van der Waals surface area contributed by atoms with Crippen molar-refractivity contribution < 1.29 is 9.18 Å². The van der Waals surface area contributed by atoms with E-state index in [2.05, 4.69) is 10.3 Å². The normalized spacial score (nSPS) is 10.5. The first-order chi connectivity index (χ1) is 12.0. The summed E-state index contributed by atoms with van der Waals surface area (Å²) in [7, 11) is 0. The molecule has 0 bridgehead atoms. The lowest BCUT2D eigenvalue weighted by atomic mass is 10.2. The minimum absolute atomic E-state index is 0.0730. The lowest BCUT2D eigenvalue weighted by Crippen LogP contribution is -2.38. The average Bonchev–Trinajstić information content (AvgIpc) is 2.58. The Labute approximate surface area is 145 Å². The zero-order chi connectivity index (χ0) is 18.0. The molecule has 3 rings (SSSR count). The molecule has 0 aliphatic rings. The number of aromatic nitrogens is 2. The molecular formula is C17H11ClFN3O3. The summed E-state index contributed by atoms with van der Waals surface area (Å²) in [5.74, 6) is -1.48. The van der Waals surface area contributed by atoms with Gasteiger partial charge in [0.2, 0.25) is 0 Å². The fourth-order valence-electron chi connectivity index (χ4n) is 2.21. The number of carbonyl (C=O) groups excluding carboxylic acids is 1. The molecule has 0 aliphatic heterocycles. The summed E-state index contributed by atoms with van der Waals surface area (Å²) in [6.07, 6.45) is 0.993. The third kappa shape index (κ3) is 3.36. The van der Waals surface area contributed by atoms with E-state index in [4.69, 9.17) is 11.6 Å². The zero-order valence-corrected chi connectivity index (χ0v) is 13.4. The van der Waals surface area contributed by atoms with Crippen LogP contribution in [-0.4, -0.2) is 15.5 Å². The predicted molar refractivity (Wildman–Crippen MR) is 92.0 cm³/mol. The number of hydrogen-bond acceptors (Lipinski definition) is 3. The molecule has 1 aromatic heterocycles. The minimum atomic E-state index is -0.839. The van der Waals surface area contributed by atoms with Gasteiger partial charge in [-0.25, -0.2) is 13.8 Å². The zero-order valence-electron chi connectivity index (χ0n) is 12.6. The van der Waals surface area contributed by atoms with Gasteiger partial charge in [-0.05, 0) is 36.4 Å². The van der Waals surface area contributed by atoms with Gasteiger partial charge in [0, 0.05) is 11.2 Å². The molecule has 0 radical (unpaired) electrons. The molecule has 2 aromatic carbocycles. The molecule has 1 heterocycles. The second-order valence-corrected chi connectivity index (χ2v) is 5.49. The first-order valence-corrected chi connectivity index (χ1v) is 7.52. The van der Waals surface area contributed by atoms with E-state index in [1.807, 2.05) is 0 Å². The maximum Gasteiger partial charge on any atom is 0.333 e. The molecule has 0 spiro atoms. The molecule has 8 heteroatoms. The Morgan fingerprint density at radius 3 is 2.44 bits per heavy atom. The Balaban J connectivity index is 2.04. The standard InChI is InChI=1S/C17H11ClFN3O3/c18-10-5-7-11(8-6-10)22-16(24)12(9-20-17(22)25)15(23)21-14-4-2-1-3-13(14)19/h1-9H,(H,20,25)(H,21,23). The molecule has 3 aromatic rings. The molecule has 0 aliphatic carbocycles. The molecule has 1 amide bonds. The number of amides is 1. The second-order valence-electron chi connectivity index (χ2n) is 5.06. The largest absolute Gasteiger partial charge is 0.333 e. The minimum Gasteiger partial charge on any atom is -0.319 e. The Morgan fingerprint density at radius 1 is 1.08 bits per heavy atom. The van der Waals surface area contributed by atoms with Crippen molar-refractivity contribution in [3.8, 4) is 5.69 Å². The number of H-pyrrole nitrogens is 1. The van der Waals surface area contributed by atoms with Gasteiger partial charge in [0.15, 0.2) is 0 Å². The number of benzene rings is 2. The number of rotatable bonds is 3. The van der Waals surface area contributed by atoms with Crippen LogP contribution in [0.5, 0.6) is 0 Å². The number of carbonyl (C=O) groups is 1. The van der Waals surface area contributed by atoms with Crippen molar-refractivity contribution in [2.24, 2.45) is 0 Å². The monoisotopic (exact) mass is 359 g/mol. The van der Waals surface area contributed by atoms with E-state index in [9.17, 15) is 18.8 Å². The van der Waals surface area contributed by atoms with Crippen molar-refractivity contribution in [2.45, 2.75) is 0 Å². The number of para-hydroxylation sites is 1. The highest BCUT2D eigenvalue weighted by Gasteiger charge is 2.17. The average molecular weight is 360 g/mol. The number of halogens is 2. The van der Waals surface area contributed by atoms with Crippen LogP contribution in [0.3, 0.4) is 0 Å². The maximum atomic E-state index is 13.6. The SMILES string of the molecule is O=C(Nc1ccccc1F)c1c[nH]c(=O)n(-c2ccc(Cl)cc2)c1=O.